The fourth-order valence-corrected chi connectivity index (χ4v) is 2.41. The van der Waals surface area contributed by atoms with Crippen LogP contribution in [0.4, 0.5) is 11.6 Å². The zero-order valence-corrected chi connectivity index (χ0v) is 10.7. The van der Waals surface area contributed by atoms with Crippen LogP contribution < -0.4 is 10.2 Å². The topological polar surface area (TPSA) is 77.4 Å². The average Bonchev–Trinajstić information content (AvgIpc) is 2.73. The fourth-order valence-electron chi connectivity index (χ4n) is 2.41. The summed E-state index contributed by atoms with van der Waals surface area (Å²) in [5.74, 6) is 0.405. The van der Waals surface area contributed by atoms with E-state index in [2.05, 4.69) is 10.3 Å². The molecule has 1 aliphatic heterocycles. The first kappa shape index (κ1) is 12.8. The second kappa shape index (κ2) is 5.81. The van der Waals surface area contributed by atoms with Crippen LogP contribution in [0, 0.1) is 10.1 Å². The Morgan fingerprint density at radius 2 is 2.22 bits per heavy atom. The van der Waals surface area contributed by atoms with Crippen molar-refractivity contribution in [2.24, 2.45) is 7.05 Å². The zero-order valence-electron chi connectivity index (χ0n) is 10.7. The predicted octanol–water partition coefficient (Wildman–Crippen LogP) is -0.191. The van der Waals surface area contributed by atoms with Gasteiger partial charge in [0.2, 0.25) is 12.1 Å². The highest BCUT2D eigenvalue weighted by atomic mass is 16.6. The number of anilines is 1. The number of likely N-dealkylation sites (tertiary alicyclic amines) is 1. The first-order valence-corrected chi connectivity index (χ1v) is 6.41. The van der Waals surface area contributed by atoms with Crippen molar-refractivity contribution in [3.05, 3.63) is 16.4 Å². The molecule has 0 amide bonds. The van der Waals surface area contributed by atoms with Crippen LogP contribution in [0.15, 0.2) is 6.33 Å². The Balaban J connectivity index is 1.85. The van der Waals surface area contributed by atoms with Crippen LogP contribution in [0.3, 0.4) is 0 Å². The standard InChI is InChI=1S/C11H19N5O2/c1-14-9-13-11(16(17)18)10(14)12-5-8-15-6-3-2-4-7-15/h9,12H,2-8H2,1H3/p+1. The van der Waals surface area contributed by atoms with E-state index in [-0.39, 0.29) is 5.82 Å². The van der Waals surface area contributed by atoms with Gasteiger partial charge in [-0.25, -0.2) is 0 Å². The smallest absolute Gasteiger partial charge is 0.359 e. The number of nitrogens with zero attached hydrogens (tertiary/aromatic N) is 3. The molecular formula is C11H20N5O2+. The van der Waals surface area contributed by atoms with Gasteiger partial charge >= 0.3 is 5.82 Å². The molecule has 0 unspecified atom stereocenters. The second-order valence-corrected chi connectivity index (χ2v) is 4.77. The summed E-state index contributed by atoms with van der Waals surface area (Å²) in [5, 5.41) is 13.9. The van der Waals surface area contributed by atoms with Crippen LogP contribution >= 0.6 is 0 Å². The van der Waals surface area contributed by atoms with Crippen LogP contribution in [0.5, 0.6) is 0 Å². The molecule has 7 heteroatoms. The molecule has 0 bridgehead atoms. The number of piperidine rings is 1. The molecule has 2 heterocycles. The molecule has 18 heavy (non-hydrogen) atoms. The van der Waals surface area contributed by atoms with E-state index in [4.69, 9.17) is 0 Å². The number of rotatable bonds is 5. The Kier molecular flexibility index (Phi) is 4.14. The highest BCUT2D eigenvalue weighted by molar-refractivity contribution is 5.51. The van der Waals surface area contributed by atoms with Crippen molar-refractivity contribution < 1.29 is 9.82 Å². The summed E-state index contributed by atoms with van der Waals surface area (Å²) >= 11 is 0. The average molecular weight is 254 g/mol. The molecule has 1 aliphatic rings. The lowest BCUT2D eigenvalue weighted by Gasteiger charge is -2.23. The maximum atomic E-state index is 10.8. The Labute approximate surface area is 106 Å². The van der Waals surface area contributed by atoms with Gasteiger partial charge in [0.25, 0.3) is 0 Å². The van der Waals surface area contributed by atoms with E-state index in [1.54, 1.807) is 16.5 Å². The number of hydrogen-bond donors (Lipinski definition) is 2. The van der Waals surface area contributed by atoms with Gasteiger partial charge in [0.15, 0.2) is 0 Å². The third-order valence-corrected chi connectivity index (χ3v) is 3.42. The lowest BCUT2D eigenvalue weighted by molar-refractivity contribution is -0.903. The minimum atomic E-state index is -0.448. The first-order valence-electron chi connectivity index (χ1n) is 6.41. The number of aryl methyl sites for hydroxylation is 1. The largest absolute Gasteiger partial charge is 0.406 e. The van der Waals surface area contributed by atoms with E-state index in [1.807, 2.05) is 0 Å². The monoisotopic (exact) mass is 254 g/mol. The highest BCUT2D eigenvalue weighted by Gasteiger charge is 2.20. The second-order valence-electron chi connectivity index (χ2n) is 4.77. The van der Waals surface area contributed by atoms with E-state index in [0.717, 1.165) is 13.1 Å². The molecule has 1 fully saturated rings. The summed E-state index contributed by atoms with van der Waals surface area (Å²) in [5.41, 5.74) is 0. The Morgan fingerprint density at radius 1 is 1.50 bits per heavy atom. The number of quaternary nitrogens is 1. The van der Waals surface area contributed by atoms with Crippen LogP contribution in [-0.2, 0) is 7.05 Å². The van der Waals surface area contributed by atoms with Gasteiger partial charge in [-0.1, -0.05) is 0 Å². The van der Waals surface area contributed by atoms with Crippen molar-refractivity contribution in [3.63, 3.8) is 0 Å². The quantitative estimate of drug-likeness (QED) is 0.564. The highest BCUT2D eigenvalue weighted by Crippen LogP contribution is 2.20. The van der Waals surface area contributed by atoms with E-state index in [0.29, 0.717) is 5.82 Å². The zero-order chi connectivity index (χ0) is 13.0. The number of hydrogen-bond acceptors (Lipinski definition) is 4. The van der Waals surface area contributed by atoms with E-state index in [9.17, 15) is 10.1 Å². The summed E-state index contributed by atoms with van der Waals surface area (Å²) in [4.78, 5) is 15.7. The molecule has 0 aliphatic carbocycles. The minimum Gasteiger partial charge on any atom is -0.359 e. The third-order valence-electron chi connectivity index (χ3n) is 3.42. The van der Waals surface area contributed by atoms with Crippen LogP contribution in [-0.4, -0.2) is 40.7 Å². The SMILES string of the molecule is Cn1cnc([N+](=O)[O-])c1NCC[NH+]1CCCCC1. The van der Waals surface area contributed by atoms with Crippen molar-refractivity contribution in [1.82, 2.24) is 9.55 Å². The number of imidazole rings is 1. The van der Waals surface area contributed by atoms with Crippen molar-refractivity contribution in [2.45, 2.75) is 19.3 Å². The molecule has 0 saturated carbocycles. The molecule has 0 aromatic carbocycles. The lowest BCUT2D eigenvalue weighted by Crippen LogP contribution is -3.13. The molecular weight excluding hydrogens is 234 g/mol. The fraction of sp³-hybridized carbons (Fsp3) is 0.727. The van der Waals surface area contributed by atoms with E-state index in [1.165, 1.54) is 38.7 Å². The molecule has 100 valence electrons. The summed E-state index contributed by atoms with van der Waals surface area (Å²) in [6.45, 7) is 4.18. The third kappa shape index (κ3) is 2.98. The van der Waals surface area contributed by atoms with Gasteiger partial charge < -0.3 is 20.3 Å². The lowest BCUT2D eigenvalue weighted by atomic mass is 10.1. The maximum absolute atomic E-state index is 10.8. The van der Waals surface area contributed by atoms with Crippen molar-refractivity contribution >= 4 is 11.6 Å². The van der Waals surface area contributed by atoms with Gasteiger partial charge in [0.1, 0.15) is 0 Å². The normalized spacial score (nSPS) is 16.7. The van der Waals surface area contributed by atoms with Gasteiger partial charge in [-0.15, -0.1) is 0 Å². The molecule has 1 saturated heterocycles. The van der Waals surface area contributed by atoms with Crippen molar-refractivity contribution in [3.8, 4) is 0 Å². The van der Waals surface area contributed by atoms with E-state index >= 15 is 0 Å². The van der Waals surface area contributed by atoms with Crippen molar-refractivity contribution in [2.75, 3.05) is 31.5 Å². The van der Waals surface area contributed by atoms with Gasteiger partial charge in [0, 0.05) is 7.05 Å². The number of nitrogens with one attached hydrogen (secondary N) is 2. The van der Waals surface area contributed by atoms with E-state index < -0.39 is 4.92 Å². The Morgan fingerprint density at radius 3 is 2.89 bits per heavy atom. The maximum Gasteiger partial charge on any atom is 0.406 e. The summed E-state index contributed by atoms with van der Waals surface area (Å²) in [6, 6.07) is 0. The summed E-state index contributed by atoms with van der Waals surface area (Å²) < 4.78 is 1.66. The molecule has 0 atom stereocenters. The van der Waals surface area contributed by atoms with Crippen LogP contribution in [0.25, 0.3) is 0 Å². The first-order chi connectivity index (χ1) is 8.68. The molecule has 0 spiro atoms. The van der Waals surface area contributed by atoms with Gasteiger partial charge in [-0.3, -0.25) is 4.57 Å². The van der Waals surface area contributed by atoms with Crippen LogP contribution in [0.2, 0.25) is 0 Å². The van der Waals surface area contributed by atoms with Crippen molar-refractivity contribution in [1.29, 1.82) is 0 Å². The number of nitro groups is 1. The van der Waals surface area contributed by atoms with Gasteiger partial charge in [-0.05, 0) is 29.2 Å². The number of aromatic nitrogens is 2. The minimum absolute atomic E-state index is 0.0915. The predicted molar refractivity (Wildman–Crippen MR) is 67.8 cm³/mol. The molecule has 2 N–H and O–H groups in total. The Hall–Kier alpha value is -1.63. The molecule has 0 radical (unpaired) electrons. The molecule has 1 aromatic heterocycles. The van der Waals surface area contributed by atoms with Gasteiger partial charge in [0.05, 0.1) is 26.2 Å². The molecule has 1 aromatic rings. The van der Waals surface area contributed by atoms with Gasteiger partial charge in [-0.2, -0.15) is 0 Å². The summed E-state index contributed by atoms with van der Waals surface area (Å²) in [7, 11) is 1.76. The molecule has 2 rings (SSSR count). The summed E-state index contributed by atoms with van der Waals surface area (Å²) in [6.07, 6.45) is 5.39. The Bertz CT molecular complexity index is 412. The molecule has 7 nitrogen and oxygen atoms in total. The van der Waals surface area contributed by atoms with Crippen LogP contribution in [0.1, 0.15) is 19.3 Å².